The third-order valence-corrected chi connectivity index (χ3v) is 3.20. The Morgan fingerprint density at radius 3 is 3.06 bits per heavy atom. The van der Waals surface area contributed by atoms with Crippen molar-refractivity contribution in [2.45, 2.75) is 6.42 Å². The van der Waals surface area contributed by atoms with Crippen LogP contribution in [-0.2, 0) is 9.53 Å². The molecule has 0 heterocycles. The molecule has 1 aromatic carbocycles. The summed E-state index contributed by atoms with van der Waals surface area (Å²) in [7, 11) is 1.64. The van der Waals surface area contributed by atoms with E-state index in [1.165, 1.54) is 30.0 Å². The SMILES string of the molecule is COCCCSCC(=O)Nc1cc(F)ccc1N. The van der Waals surface area contributed by atoms with Crippen LogP contribution in [0, 0.1) is 5.82 Å². The van der Waals surface area contributed by atoms with Crippen molar-refractivity contribution in [1.82, 2.24) is 0 Å². The van der Waals surface area contributed by atoms with Crippen LogP contribution in [0.3, 0.4) is 0 Å². The normalized spacial score (nSPS) is 10.3. The Kier molecular flexibility index (Phi) is 6.53. The number of hydrogen-bond acceptors (Lipinski definition) is 4. The highest BCUT2D eigenvalue weighted by atomic mass is 32.2. The minimum absolute atomic E-state index is 0.185. The lowest BCUT2D eigenvalue weighted by molar-refractivity contribution is -0.113. The molecule has 3 N–H and O–H groups in total. The third-order valence-electron chi connectivity index (χ3n) is 2.16. The number of hydrogen-bond donors (Lipinski definition) is 2. The second-order valence-corrected chi connectivity index (χ2v) is 4.78. The number of nitrogens with one attached hydrogen (secondary N) is 1. The maximum absolute atomic E-state index is 13.0. The van der Waals surface area contributed by atoms with Crippen molar-refractivity contribution < 1.29 is 13.9 Å². The van der Waals surface area contributed by atoms with Crippen LogP contribution in [0.5, 0.6) is 0 Å². The van der Waals surface area contributed by atoms with Gasteiger partial charge < -0.3 is 15.8 Å². The summed E-state index contributed by atoms with van der Waals surface area (Å²) >= 11 is 1.50. The van der Waals surface area contributed by atoms with Crippen LogP contribution in [0.4, 0.5) is 15.8 Å². The molecule has 0 saturated heterocycles. The Balaban J connectivity index is 2.33. The summed E-state index contributed by atoms with van der Waals surface area (Å²) in [5.74, 6) is 0.557. The van der Waals surface area contributed by atoms with Crippen LogP contribution >= 0.6 is 11.8 Å². The zero-order chi connectivity index (χ0) is 13.4. The molecule has 0 fully saturated rings. The van der Waals surface area contributed by atoms with Gasteiger partial charge in [-0.1, -0.05) is 0 Å². The Bertz CT molecular complexity index is 402. The van der Waals surface area contributed by atoms with Crippen LogP contribution in [0.1, 0.15) is 6.42 Å². The second-order valence-electron chi connectivity index (χ2n) is 3.68. The molecule has 0 aliphatic rings. The van der Waals surface area contributed by atoms with E-state index >= 15 is 0 Å². The lowest BCUT2D eigenvalue weighted by Crippen LogP contribution is -2.15. The molecular weight excluding hydrogens is 255 g/mol. The number of benzene rings is 1. The van der Waals surface area contributed by atoms with Gasteiger partial charge in [-0.25, -0.2) is 4.39 Å². The number of rotatable bonds is 7. The number of halogens is 1. The number of thioether (sulfide) groups is 1. The number of anilines is 2. The van der Waals surface area contributed by atoms with Crippen molar-refractivity contribution in [1.29, 1.82) is 0 Å². The van der Waals surface area contributed by atoms with Gasteiger partial charge in [-0.15, -0.1) is 0 Å². The molecule has 0 saturated carbocycles. The highest BCUT2D eigenvalue weighted by Gasteiger charge is 2.06. The first-order chi connectivity index (χ1) is 8.63. The molecule has 0 unspecified atom stereocenters. The lowest BCUT2D eigenvalue weighted by atomic mass is 10.2. The third kappa shape index (κ3) is 5.37. The summed E-state index contributed by atoms with van der Waals surface area (Å²) < 4.78 is 17.9. The molecular formula is C12H17FN2O2S. The fraction of sp³-hybridized carbons (Fsp3) is 0.417. The topological polar surface area (TPSA) is 64.3 Å². The van der Waals surface area contributed by atoms with Crippen molar-refractivity contribution in [3.8, 4) is 0 Å². The lowest BCUT2D eigenvalue weighted by Gasteiger charge is -2.08. The quantitative estimate of drug-likeness (QED) is 0.589. The first-order valence-electron chi connectivity index (χ1n) is 5.55. The van der Waals surface area contributed by atoms with Crippen molar-refractivity contribution >= 4 is 29.0 Å². The molecule has 0 aliphatic heterocycles. The molecule has 1 rings (SSSR count). The van der Waals surface area contributed by atoms with E-state index in [1.54, 1.807) is 7.11 Å². The molecule has 6 heteroatoms. The summed E-state index contributed by atoms with van der Waals surface area (Å²) in [6, 6.07) is 3.89. The van der Waals surface area contributed by atoms with E-state index in [0.29, 0.717) is 23.7 Å². The Morgan fingerprint density at radius 1 is 1.56 bits per heavy atom. The Labute approximate surface area is 110 Å². The number of methoxy groups -OCH3 is 1. The van der Waals surface area contributed by atoms with Crippen molar-refractivity contribution in [2.24, 2.45) is 0 Å². The number of ether oxygens (including phenoxy) is 1. The summed E-state index contributed by atoms with van der Waals surface area (Å²) in [5, 5.41) is 2.59. The van der Waals surface area contributed by atoms with Gasteiger partial charge in [-0.05, 0) is 30.4 Å². The minimum Gasteiger partial charge on any atom is -0.397 e. The van der Waals surface area contributed by atoms with Gasteiger partial charge >= 0.3 is 0 Å². The number of nitrogens with two attached hydrogens (primary N) is 1. The maximum Gasteiger partial charge on any atom is 0.234 e. The van der Waals surface area contributed by atoms with E-state index < -0.39 is 5.82 Å². The molecule has 0 radical (unpaired) electrons. The largest absolute Gasteiger partial charge is 0.397 e. The Hall–Kier alpha value is -1.27. The first kappa shape index (κ1) is 14.8. The molecule has 1 amide bonds. The molecule has 0 aliphatic carbocycles. The maximum atomic E-state index is 13.0. The van der Waals surface area contributed by atoms with Crippen LogP contribution in [0.25, 0.3) is 0 Å². The first-order valence-corrected chi connectivity index (χ1v) is 6.70. The summed E-state index contributed by atoms with van der Waals surface area (Å²) in [4.78, 5) is 11.6. The van der Waals surface area contributed by atoms with Crippen molar-refractivity contribution in [3.63, 3.8) is 0 Å². The minimum atomic E-state index is -0.424. The monoisotopic (exact) mass is 272 g/mol. The van der Waals surface area contributed by atoms with E-state index in [4.69, 9.17) is 10.5 Å². The highest BCUT2D eigenvalue weighted by Crippen LogP contribution is 2.19. The number of amides is 1. The van der Waals surface area contributed by atoms with E-state index in [2.05, 4.69) is 5.32 Å². The van der Waals surface area contributed by atoms with Gasteiger partial charge in [0.15, 0.2) is 0 Å². The molecule has 18 heavy (non-hydrogen) atoms. The van der Waals surface area contributed by atoms with Gasteiger partial charge in [0.1, 0.15) is 5.82 Å². The standard InChI is InChI=1S/C12H17FN2O2S/c1-17-5-2-6-18-8-12(16)15-11-7-9(13)3-4-10(11)14/h3-4,7H,2,5-6,8,14H2,1H3,(H,15,16). The molecule has 4 nitrogen and oxygen atoms in total. The predicted octanol–water partition coefficient (Wildman–Crippen LogP) is 2.12. The second kappa shape index (κ2) is 7.94. The zero-order valence-corrected chi connectivity index (χ0v) is 11.1. The molecule has 0 aromatic heterocycles. The number of carbonyl (C=O) groups is 1. The fourth-order valence-electron chi connectivity index (χ4n) is 1.29. The molecule has 0 bridgehead atoms. The van der Waals surface area contributed by atoms with Crippen LogP contribution in [0.2, 0.25) is 0 Å². The summed E-state index contributed by atoms with van der Waals surface area (Å²) in [6.07, 6.45) is 0.899. The van der Waals surface area contributed by atoms with Crippen LogP contribution < -0.4 is 11.1 Å². The molecule has 0 spiro atoms. The summed E-state index contributed by atoms with van der Waals surface area (Å²) in [5.41, 5.74) is 6.30. The average Bonchev–Trinajstić information content (AvgIpc) is 2.33. The smallest absolute Gasteiger partial charge is 0.234 e. The van der Waals surface area contributed by atoms with E-state index in [0.717, 1.165) is 12.2 Å². The van der Waals surface area contributed by atoms with Crippen molar-refractivity contribution in [2.75, 3.05) is 36.3 Å². The van der Waals surface area contributed by atoms with Gasteiger partial charge in [0, 0.05) is 13.7 Å². The van der Waals surface area contributed by atoms with Gasteiger partial charge in [0.25, 0.3) is 0 Å². The van der Waals surface area contributed by atoms with Gasteiger partial charge in [0.05, 0.1) is 17.1 Å². The van der Waals surface area contributed by atoms with Crippen molar-refractivity contribution in [3.05, 3.63) is 24.0 Å². The van der Waals surface area contributed by atoms with Gasteiger partial charge in [-0.3, -0.25) is 4.79 Å². The van der Waals surface area contributed by atoms with E-state index in [1.807, 2.05) is 0 Å². The average molecular weight is 272 g/mol. The fourth-order valence-corrected chi connectivity index (χ4v) is 2.02. The number of carbonyl (C=O) groups excluding carboxylic acids is 1. The van der Waals surface area contributed by atoms with E-state index in [9.17, 15) is 9.18 Å². The predicted molar refractivity (Wildman–Crippen MR) is 73.3 cm³/mol. The van der Waals surface area contributed by atoms with Crippen LogP contribution in [-0.4, -0.2) is 31.1 Å². The molecule has 100 valence electrons. The van der Waals surface area contributed by atoms with Crippen LogP contribution in [0.15, 0.2) is 18.2 Å². The Morgan fingerprint density at radius 2 is 2.33 bits per heavy atom. The molecule has 0 atom stereocenters. The highest BCUT2D eigenvalue weighted by molar-refractivity contribution is 7.99. The van der Waals surface area contributed by atoms with Gasteiger partial charge in [-0.2, -0.15) is 11.8 Å². The summed E-state index contributed by atoms with van der Waals surface area (Å²) in [6.45, 7) is 0.686. The number of nitrogen functional groups attached to an aromatic ring is 1. The zero-order valence-electron chi connectivity index (χ0n) is 10.2. The van der Waals surface area contributed by atoms with E-state index in [-0.39, 0.29) is 5.91 Å². The van der Waals surface area contributed by atoms with Gasteiger partial charge in [0.2, 0.25) is 5.91 Å². The molecule has 1 aromatic rings.